The number of benzene rings is 2. The van der Waals surface area contributed by atoms with Crippen molar-refractivity contribution in [2.24, 2.45) is 0 Å². The normalized spacial score (nSPS) is 15.7. The molecule has 1 amide bonds. The van der Waals surface area contributed by atoms with Gasteiger partial charge in [-0.3, -0.25) is 9.69 Å². The Morgan fingerprint density at radius 2 is 1.88 bits per heavy atom. The number of piperidine rings is 1. The van der Waals surface area contributed by atoms with Crippen molar-refractivity contribution in [1.82, 2.24) is 10.2 Å². The van der Waals surface area contributed by atoms with Gasteiger partial charge >= 0.3 is 0 Å². The lowest BCUT2D eigenvalue weighted by atomic mass is 10.0. The van der Waals surface area contributed by atoms with Crippen LogP contribution in [0.5, 0.6) is 5.75 Å². The molecule has 0 bridgehead atoms. The fourth-order valence-corrected chi connectivity index (χ4v) is 3.23. The number of para-hydroxylation sites is 1. The zero-order valence-electron chi connectivity index (χ0n) is 14.7. The Bertz CT molecular complexity index is 774. The molecule has 1 aliphatic heterocycles. The summed E-state index contributed by atoms with van der Waals surface area (Å²) >= 11 is 0. The number of likely N-dealkylation sites (tertiary alicyclic amines) is 1. The van der Waals surface area contributed by atoms with E-state index in [1.807, 2.05) is 12.1 Å². The van der Waals surface area contributed by atoms with Crippen LogP contribution in [0.4, 0.5) is 8.78 Å². The van der Waals surface area contributed by atoms with E-state index in [0.29, 0.717) is 17.9 Å². The van der Waals surface area contributed by atoms with Crippen molar-refractivity contribution in [3.05, 3.63) is 65.2 Å². The van der Waals surface area contributed by atoms with E-state index in [2.05, 4.69) is 10.2 Å². The maximum absolute atomic E-state index is 13.3. The van der Waals surface area contributed by atoms with E-state index in [9.17, 15) is 13.6 Å². The smallest absolute Gasteiger partial charge is 0.255 e. The van der Waals surface area contributed by atoms with E-state index in [0.717, 1.165) is 37.6 Å². The maximum atomic E-state index is 13.3. The van der Waals surface area contributed by atoms with E-state index in [1.54, 1.807) is 25.3 Å². The second-order valence-electron chi connectivity index (χ2n) is 6.47. The highest BCUT2D eigenvalue weighted by Crippen LogP contribution is 2.19. The van der Waals surface area contributed by atoms with Gasteiger partial charge in [-0.2, -0.15) is 0 Å². The average molecular weight is 360 g/mol. The molecule has 1 fully saturated rings. The van der Waals surface area contributed by atoms with Gasteiger partial charge in [0.2, 0.25) is 0 Å². The Labute approximate surface area is 151 Å². The first-order valence-electron chi connectivity index (χ1n) is 8.67. The van der Waals surface area contributed by atoms with Crippen LogP contribution in [-0.2, 0) is 6.54 Å². The summed E-state index contributed by atoms with van der Waals surface area (Å²) in [4.78, 5) is 14.6. The van der Waals surface area contributed by atoms with Crippen LogP contribution in [0.25, 0.3) is 0 Å². The summed E-state index contributed by atoms with van der Waals surface area (Å²) in [7, 11) is 1.54. The second-order valence-corrected chi connectivity index (χ2v) is 6.47. The number of hydrogen-bond donors (Lipinski definition) is 1. The first kappa shape index (κ1) is 18.3. The molecule has 1 saturated heterocycles. The molecule has 1 aliphatic rings. The molecule has 6 heteroatoms. The third-order valence-corrected chi connectivity index (χ3v) is 4.66. The summed E-state index contributed by atoms with van der Waals surface area (Å²) in [6.07, 6.45) is 1.62. The number of carbonyl (C=O) groups is 1. The van der Waals surface area contributed by atoms with Crippen molar-refractivity contribution in [3.8, 4) is 5.75 Å². The van der Waals surface area contributed by atoms with Crippen molar-refractivity contribution in [2.75, 3.05) is 20.2 Å². The van der Waals surface area contributed by atoms with Gasteiger partial charge in [0.05, 0.1) is 12.7 Å². The van der Waals surface area contributed by atoms with Gasteiger partial charge in [0, 0.05) is 25.7 Å². The SMILES string of the molecule is COc1ccccc1C(=O)NC1CCN(Cc2ccc(F)c(F)c2)CC1. The maximum Gasteiger partial charge on any atom is 0.255 e. The summed E-state index contributed by atoms with van der Waals surface area (Å²) in [6.45, 7) is 2.15. The molecule has 4 nitrogen and oxygen atoms in total. The summed E-state index contributed by atoms with van der Waals surface area (Å²) in [5, 5.41) is 3.06. The third-order valence-electron chi connectivity index (χ3n) is 4.66. The fraction of sp³-hybridized carbons (Fsp3) is 0.350. The van der Waals surface area contributed by atoms with Crippen molar-refractivity contribution in [2.45, 2.75) is 25.4 Å². The van der Waals surface area contributed by atoms with Crippen LogP contribution in [0.3, 0.4) is 0 Å². The molecule has 0 saturated carbocycles. The van der Waals surface area contributed by atoms with Crippen LogP contribution >= 0.6 is 0 Å². The van der Waals surface area contributed by atoms with Crippen LogP contribution in [0, 0.1) is 11.6 Å². The standard InChI is InChI=1S/C20H22F2N2O2/c1-26-19-5-3-2-4-16(19)20(25)23-15-8-10-24(11-9-15)13-14-6-7-17(21)18(22)12-14/h2-7,12,15H,8-11,13H2,1H3,(H,23,25). The van der Waals surface area contributed by atoms with Gasteiger partial charge in [-0.05, 0) is 42.7 Å². The largest absolute Gasteiger partial charge is 0.496 e. The van der Waals surface area contributed by atoms with Crippen LogP contribution in [0.1, 0.15) is 28.8 Å². The minimum absolute atomic E-state index is 0.0913. The van der Waals surface area contributed by atoms with Crippen molar-refractivity contribution >= 4 is 5.91 Å². The number of halogens is 2. The van der Waals surface area contributed by atoms with Crippen LogP contribution < -0.4 is 10.1 Å². The lowest BCUT2D eigenvalue weighted by Crippen LogP contribution is -2.44. The number of rotatable bonds is 5. The topological polar surface area (TPSA) is 41.6 Å². The molecular formula is C20H22F2N2O2. The van der Waals surface area contributed by atoms with Crippen molar-refractivity contribution in [1.29, 1.82) is 0 Å². The van der Waals surface area contributed by atoms with Crippen molar-refractivity contribution < 1.29 is 18.3 Å². The number of carbonyl (C=O) groups excluding carboxylic acids is 1. The van der Waals surface area contributed by atoms with Crippen LogP contribution in [0.15, 0.2) is 42.5 Å². The molecule has 3 rings (SSSR count). The van der Waals surface area contributed by atoms with Crippen molar-refractivity contribution in [3.63, 3.8) is 0 Å². The van der Waals surface area contributed by atoms with Gasteiger partial charge in [0.1, 0.15) is 5.75 Å². The number of ether oxygens (including phenoxy) is 1. The minimum Gasteiger partial charge on any atom is -0.496 e. The predicted molar refractivity (Wildman–Crippen MR) is 95.1 cm³/mol. The number of methoxy groups -OCH3 is 1. The molecule has 0 atom stereocenters. The third kappa shape index (κ3) is 4.38. The monoisotopic (exact) mass is 360 g/mol. The molecule has 0 radical (unpaired) electrons. The van der Waals surface area contributed by atoms with E-state index in [1.165, 1.54) is 6.07 Å². The second kappa shape index (κ2) is 8.27. The predicted octanol–water partition coefficient (Wildman–Crippen LogP) is 3.37. The zero-order chi connectivity index (χ0) is 18.5. The zero-order valence-corrected chi connectivity index (χ0v) is 14.7. The molecule has 0 aliphatic carbocycles. The average Bonchev–Trinajstić information content (AvgIpc) is 2.66. The molecule has 1 heterocycles. The Hall–Kier alpha value is -2.47. The molecule has 2 aromatic carbocycles. The Morgan fingerprint density at radius 1 is 1.15 bits per heavy atom. The summed E-state index contributed by atoms with van der Waals surface area (Å²) in [5.41, 5.74) is 1.28. The van der Waals surface area contributed by atoms with Gasteiger partial charge < -0.3 is 10.1 Å². The first-order chi connectivity index (χ1) is 12.6. The molecular weight excluding hydrogens is 338 g/mol. The summed E-state index contributed by atoms with van der Waals surface area (Å²) in [6, 6.07) is 11.2. The number of amides is 1. The molecule has 1 N–H and O–H groups in total. The highest BCUT2D eigenvalue weighted by atomic mass is 19.2. The van der Waals surface area contributed by atoms with Crippen LogP contribution in [-0.4, -0.2) is 37.0 Å². The van der Waals surface area contributed by atoms with Gasteiger partial charge in [-0.1, -0.05) is 18.2 Å². The van der Waals surface area contributed by atoms with Gasteiger partial charge in [-0.25, -0.2) is 8.78 Å². The van der Waals surface area contributed by atoms with Gasteiger partial charge in [0.25, 0.3) is 5.91 Å². The quantitative estimate of drug-likeness (QED) is 0.889. The Morgan fingerprint density at radius 3 is 2.58 bits per heavy atom. The molecule has 0 aromatic heterocycles. The van der Waals surface area contributed by atoms with E-state index in [4.69, 9.17) is 4.74 Å². The van der Waals surface area contributed by atoms with E-state index >= 15 is 0 Å². The Kier molecular flexibility index (Phi) is 5.83. The first-order valence-corrected chi connectivity index (χ1v) is 8.67. The lowest BCUT2D eigenvalue weighted by Gasteiger charge is -2.32. The van der Waals surface area contributed by atoms with E-state index in [-0.39, 0.29) is 11.9 Å². The highest BCUT2D eigenvalue weighted by molar-refractivity contribution is 5.97. The molecule has 26 heavy (non-hydrogen) atoms. The minimum atomic E-state index is -0.827. The summed E-state index contributed by atoms with van der Waals surface area (Å²) < 4.78 is 31.5. The van der Waals surface area contributed by atoms with Gasteiger partial charge in [0.15, 0.2) is 11.6 Å². The number of nitrogens with zero attached hydrogens (tertiary/aromatic N) is 1. The summed E-state index contributed by atoms with van der Waals surface area (Å²) in [5.74, 6) is -1.23. The number of hydrogen-bond acceptors (Lipinski definition) is 3. The van der Waals surface area contributed by atoms with E-state index < -0.39 is 11.6 Å². The lowest BCUT2D eigenvalue weighted by molar-refractivity contribution is 0.0906. The molecule has 2 aromatic rings. The molecule has 0 unspecified atom stereocenters. The highest BCUT2D eigenvalue weighted by Gasteiger charge is 2.22. The fourth-order valence-electron chi connectivity index (χ4n) is 3.23. The molecule has 0 spiro atoms. The van der Waals surface area contributed by atoms with Crippen LogP contribution in [0.2, 0.25) is 0 Å². The molecule has 138 valence electrons. The van der Waals surface area contributed by atoms with Gasteiger partial charge in [-0.15, -0.1) is 0 Å². The Balaban J connectivity index is 1.52. The number of nitrogens with one attached hydrogen (secondary N) is 1.